The number of rotatable bonds is 5. The number of fused-ring (bicyclic) bond motifs is 2. The van der Waals surface area contributed by atoms with Crippen molar-refractivity contribution in [2.75, 3.05) is 0 Å². The highest BCUT2D eigenvalue weighted by Gasteiger charge is 2.21. The molecule has 0 amide bonds. The largest absolute Gasteiger partial charge is 0.343 e. The lowest BCUT2D eigenvalue weighted by molar-refractivity contribution is -0.665. The predicted molar refractivity (Wildman–Crippen MR) is 129 cm³/mol. The normalized spacial score (nSPS) is 11.7. The molecule has 2 aromatic carbocycles. The zero-order valence-electron chi connectivity index (χ0n) is 17.7. The van der Waals surface area contributed by atoms with Crippen LogP contribution in [0.2, 0.25) is 0 Å². The number of para-hydroxylation sites is 1. The number of nitrogens with zero attached hydrogens (tertiary/aromatic N) is 4. The highest BCUT2D eigenvalue weighted by molar-refractivity contribution is 7.18. The summed E-state index contributed by atoms with van der Waals surface area (Å²) in [5.41, 5.74) is 5.57. The standard InChI is InChI=1S/C25H21N4O2S/c1-3-28-22-12-10-18(29(30)31)15-23(22)32-24(28)13-11-20-19-8-4-5-9-21(19)27(2)25(20)17-7-6-14-26-16-17/h4-16H,3H2,1-2H3/q+1. The van der Waals surface area contributed by atoms with E-state index in [0.717, 1.165) is 44.1 Å². The number of nitro groups is 1. The average Bonchev–Trinajstić information content (AvgIpc) is 3.32. The maximum atomic E-state index is 11.2. The molecule has 0 aliphatic rings. The molecule has 0 fully saturated rings. The van der Waals surface area contributed by atoms with Crippen LogP contribution in [-0.2, 0) is 13.6 Å². The van der Waals surface area contributed by atoms with Crippen LogP contribution in [0.15, 0.2) is 67.0 Å². The van der Waals surface area contributed by atoms with Gasteiger partial charge in [-0.3, -0.25) is 15.1 Å². The summed E-state index contributed by atoms with van der Waals surface area (Å²) in [5, 5.41) is 13.4. The molecule has 158 valence electrons. The monoisotopic (exact) mass is 441 g/mol. The van der Waals surface area contributed by atoms with Crippen molar-refractivity contribution in [3.63, 3.8) is 0 Å². The van der Waals surface area contributed by atoms with E-state index in [4.69, 9.17) is 0 Å². The molecular weight excluding hydrogens is 420 g/mol. The number of aromatic nitrogens is 3. The van der Waals surface area contributed by atoms with Gasteiger partial charge < -0.3 is 4.57 Å². The third-order valence-electron chi connectivity index (χ3n) is 5.72. The van der Waals surface area contributed by atoms with Crippen LogP contribution >= 0.6 is 11.3 Å². The summed E-state index contributed by atoms with van der Waals surface area (Å²) in [7, 11) is 2.08. The number of thiazole rings is 1. The number of hydrogen-bond donors (Lipinski definition) is 0. The fourth-order valence-corrected chi connectivity index (χ4v) is 5.42. The van der Waals surface area contributed by atoms with Gasteiger partial charge in [-0.1, -0.05) is 29.5 Å². The van der Waals surface area contributed by atoms with Crippen molar-refractivity contribution in [2.45, 2.75) is 13.5 Å². The van der Waals surface area contributed by atoms with E-state index >= 15 is 0 Å². The maximum absolute atomic E-state index is 11.2. The van der Waals surface area contributed by atoms with Gasteiger partial charge in [0, 0.05) is 65.7 Å². The number of hydrogen-bond acceptors (Lipinski definition) is 4. The van der Waals surface area contributed by atoms with E-state index < -0.39 is 0 Å². The first kappa shape index (κ1) is 20.1. The number of benzene rings is 2. The van der Waals surface area contributed by atoms with E-state index in [1.807, 2.05) is 24.4 Å². The Balaban J connectivity index is 1.69. The van der Waals surface area contributed by atoms with Gasteiger partial charge in [0.1, 0.15) is 11.2 Å². The van der Waals surface area contributed by atoms with Crippen LogP contribution in [0.4, 0.5) is 5.69 Å². The SMILES string of the molecule is CC[n+]1c(/C=C/c2c(-c3cccnc3)n(C)c3ccccc23)sc2cc([N+](=O)[O-])ccc21. The number of aryl methyl sites for hydroxylation is 2. The molecule has 5 rings (SSSR count). The van der Waals surface area contributed by atoms with Gasteiger partial charge in [0.15, 0.2) is 0 Å². The minimum absolute atomic E-state index is 0.116. The van der Waals surface area contributed by atoms with Gasteiger partial charge in [-0.2, -0.15) is 4.57 Å². The zero-order valence-corrected chi connectivity index (χ0v) is 18.5. The van der Waals surface area contributed by atoms with Crippen LogP contribution in [0, 0.1) is 10.1 Å². The molecule has 0 aliphatic carbocycles. The van der Waals surface area contributed by atoms with E-state index in [9.17, 15) is 10.1 Å². The third-order valence-corrected chi connectivity index (χ3v) is 6.83. The van der Waals surface area contributed by atoms with Crippen molar-refractivity contribution in [3.05, 3.63) is 87.7 Å². The minimum Gasteiger partial charge on any atom is -0.343 e. The number of nitro benzene ring substituents is 1. The first-order valence-corrected chi connectivity index (χ1v) is 11.2. The van der Waals surface area contributed by atoms with Crippen LogP contribution < -0.4 is 4.57 Å². The first-order valence-electron chi connectivity index (χ1n) is 10.3. The van der Waals surface area contributed by atoms with Crippen LogP contribution in [0.25, 0.3) is 44.5 Å². The van der Waals surface area contributed by atoms with Crippen molar-refractivity contribution in [3.8, 4) is 11.3 Å². The second-order valence-electron chi connectivity index (χ2n) is 7.51. The second kappa shape index (κ2) is 8.01. The Morgan fingerprint density at radius 1 is 1.16 bits per heavy atom. The summed E-state index contributed by atoms with van der Waals surface area (Å²) in [6.07, 6.45) is 7.93. The van der Waals surface area contributed by atoms with Crippen LogP contribution in [-0.4, -0.2) is 14.5 Å². The van der Waals surface area contributed by atoms with Crippen LogP contribution in [0.5, 0.6) is 0 Å². The predicted octanol–water partition coefficient (Wildman–Crippen LogP) is 5.84. The Hall–Kier alpha value is -3.84. The topological polar surface area (TPSA) is 64.8 Å². The molecule has 32 heavy (non-hydrogen) atoms. The molecule has 5 aromatic rings. The quantitative estimate of drug-likeness (QED) is 0.195. The van der Waals surface area contributed by atoms with E-state index in [0.29, 0.717) is 0 Å². The second-order valence-corrected chi connectivity index (χ2v) is 8.57. The molecule has 0 bridgehead atoms. The molecule has 0 aliphatic heterocycles. The Morgan fingerprint density at radius 3 is 2.75 bits per heavy atom. The summed E-state index contributed by atoms with van der Waals surface area (Å²) in [4.78, 5) is 15.2. The molecule has 3 heterocycles. The van der Waals surface area contributed by atoms with Crippen molar-refractivity contribution < 1.29 is 9.49 Å². The smallest absolute Gasteiger partial charge is 0.271 e. The lowest BCUT2D eigenvalue weighted by atomic mass is 10.1. The molecule has 0 N–H and O–H groups in total. The molecular formula is C25H21N4O2S+. The Labute approximate surface area is 188 Å². The molecule has 0 radical (unpaired) electrons. The van der Waals surface area contributed by atoms with E-state index in [1.54, 1.807) is 29.7 Å². The third kappa shape index (κ3) is 3.27. The average molecular weight is 442 g/mol. The lowest BCUT2D eigenvalue weighted by Crippen LogP contribution is -2.33. The van der Waals surface area contributed by atoms with Crippen molar-refractivity contribution in [2.24, 2.45) is 7.05 Å². The fourth-order valence-electron chi connectivity index (χ4n) is 4.26. The lowest BCUT2D eigenvalue weighted by Gasteiger charge is -2.05. The summed E-state index contributed by atoms with van der Waals surface area (Å²) >= 11 is 1.57. The minimum atomic E-state index is -0.346. The first-order chi connectivity index (χ1) is 15.6. The fraction of sp³-hybridized carbons (Fsp3) is 0.120. The Morgan fingerprint density at radius 2 is 2.00 bits per heavy atom. The molecule has 3 aromatic heterocycles. The number of non-ortho nitro benzene ring substituents is 1. The summed E-state index contributed by atoms with van der Waals surface area (Å²) < 4.78 is 5.30. The van der Waals surface area contributed by atoms with E-state index in [-0.39, 0.29) is 10.6 Å². The van der Waals surface area contributed by atoms with Gasteiger partial charge in [-0.15, -0.1) is 0 Å². The molecule has 0 unspecified atom stereocenters. The van der Waals surface area contributed by atoms with Crippen LogP contribution in [0.1, 0.15) is 17.5 Å². The van der Waals surface area contributed by atoms with Gasteiger partial charge in [-0.05, 0) is 31.2 Å². The molecule has 6 nitrogen and oxygen atoms in total. The Bertz CT molecular complexity index is 1500. The maximum Gasteiger partial charge on any atom is 0.271 e. The molecule has 7 heteroatoms. The highest BCUT2D eigenvalue weighted by Crippen LogP contribution is 2.34. The molecule has 0 atom stereocenters. The highest BCUT2D eigenvalue weighted by atomic mass is 32.1. The van der Waals surface area contributed by atoms with Gasteiger partial charge in [0.2, 0.25) is 5.52 Å². The van der Waals surface area contributed by atoms with Gasteiger partial charge in [0.25, 0.3) is 10.7 Å². The summed E-state index contributed by atoms with van der Waals surface area (Å²) in [6.45, 7) is 2.87. The van der Waals surface area contributed by atoms with Crippen molar-refractivity contribution in [1.29, 1.82) is 0 Å². The van der Waals surface area contributed by atoms with Gasteiger partial charge >= 0.3 is 0 Å². The zero-order chi connectivity index (χ0) is 22.2. The number of pyridine rings is 1. The summed E-state index contributed by atoms with van der Waals surface area (Å²) in [6, 6.07) is 17.4. The van der Waals surface area contributed by atoms with Gasteiger partial charge in [0.05, 0.1) is 10.6 Å². The van der Waals surface area contributed by atoms with Crippen molar-refractivity contribution >= 4 is 50.3 Å². The van der Waals surface area contributed by atoms with Gasteiger partial charge in [-0.25, -0.2) is 0 Å². The Kier molecular flexibility index (Phi) is 5.03. The van der Waals surface area contributed by atoms with Crippen molar-refractivity contribution in [1.82, 2.24) is 9.55 Å². The molecule has 0 spiro atoms. The molecule has 0 saturated carbocycles. The van der Waals surface area contributed by atoms with E-state index in [2.05, 4.69) is 64.5 Å². The molecule has 0 saturated heterocycles. The van der Waals surface area contributed by atoms with Crippen LogP contribution in [0.3, 0.4) is 0 Å². The van der Waals surface area contributed by atoms with E-state index in [1.165, 1.54) is 5.39 Å². The summed E-state index contributed by atoms with van der Waals surface area (Å²) in [5.74, 6) is 0.